The van der Waals surface area contributed by atoms with Crippen LogP contribution < -0.4 is 15.5 Å². The van der Waals surface area contributed by atoms with E-state index in [-0.39, 0.29) is 41.8 Å². The van der Waals surface area contributed by atoms with Crippen LogP contribution in [0.3, 0.4) is 0 Å². The molecule has 3 rings (SSSR count). The quantitative estimate of drug-likeness (QED) is 0.370. The van der Waals surface area contributed by atoms with Gasteiger partial charge in [-0.1, -0.05) is 18.2 Å². The van der Waals surface area contributed by atoms with Gasteiger partial charge in [0.25, 0.3) is 0 Å². The predicted octanol–water partition coefficient (Wildman–Crippen LogP) is 3.58. The van der Waals surface area contributed by atoms with Crippen LogP contribution in [-0.4, -0.2) is 37.6 Å². The maximum Gasteiger partial charge on any atom is 0.191 e. The van der Waals surface area contributed by atoms with Crippen molar-refractivity contribution in [2.45, 2.75) is 31.8 Å². The van der Waals surface area contributed by atoms with Crippen LogP contribution in [0.1, 0.15) is 30.5 Å². The van der Waals surface area contributed by atoms with Crippen molar-refractivity contribution >= 4 is 46.4 Å². The fourth-order valence-electron chi connectivity index (χ4n) is 2.70. The van der Waals surface area contributed by atoms with Gasteiger partial charge in [-0.2, -0.15) is 0 Å². The van der Waals surface area contributed by atoms with Crippen LogP contribution in [0.25, 0.3) is 0 Å². The molecule has 8 heteroatoms. The minimum absolute atomic E-state index is 0. The first kappa shape index (κ1) is 20.9. The van der Waals surface area contributed by atoms with Crippen molar-refractivity contribution in [1.82, 2.24) is 15.6 Å². The Morgan fingerprint density at radius 3 is 2.81 bits per heavy atom. The third kappa shape index (κ3) is 5.29. The molecule has 1 heterocycles. The van der Waals surface area contributed by atoms with Gasteiger partial charge in [0.15, 0.2) is 11.1 Å². The highest BCUT2D eigenvalue weighted by Gasteiger charge is 2.40. The molecule has 1 aromatic carbocycles. The highest BCUT2D eigenvalue weighted by Crippen LogP contribution is 2.41. The fourth-order valence-corrected chi connectivity index (χ4v) is 3.45. The van der Waals surface area contributed by atoms with Crippen LogP contribution in [0.4, 0.5) is 9.52 Å². The first-order valence-corrected chi connectivity index (χ1v) is 9.37. The zero-order valence-corrected chi connectivity index (χ0v) is 18.3. The Morgan fingerprint density at radius 2 is 2.15 bits per heavy atom. The number of nitrogens with one attached hydrogen (secondary N) is 2. The molecular formula is C18H25FIN5S. The van der Waals surface area contributed by atoms with Crippen molar-refractivity contribution in [3.8, 4) is 0 Å². The molecule has 0 amide bonds. The molecule has 26 heavy (non-hydrogen) atoms. The molecule has 1 aromatic heterocycles. The second-order valence-corrected chi connectivity index (χ2v) is 7.16. The van der Waals surface area contributed by atoms with Crippen LogP contribution in [0.2, 0.25) is 0 Å². The van der Waals surface area contributed by atoms with Crippen LogP contribution in [-0.2, 0) is 6.54 Å². The summed E-state index contributed by atoms with van der Waals surface area (Å²) in [5, 5.41) is 9.66. The first-order chi connectivity index (χ1) is 12.1. The number of hydrogen-bond donors (Lipinski definition) is 2. The Kier molecular flexibility index (Phi) is 7.63. The molecular weight excluding hydrogens is 464 g/mol. The van der Waals surface area contributed by atoms with Gasteiger partial charge in [-0.3, -0.25) is 0 Å². The van der Waals surface area contributed by atoms with Gasteiger partial charge >= 0.3 is 0 Å². The van der Waals surface area contributed by atoms with Crippen molar-refractivity contribution in [1.29, 1.82) is 0 Å². The standard InChI is InChI=1S/C18H24FN5S.HI/c1-4-20-17(21-10-12-11-25-18(22-12)24(2)3)23-16-9-14(16)13-7-5-6-8-15(13)19;/h5-8,11,14,16H,4,9-10H2,1-3H3,(H2,20,21,23);1H. The van der Waals surface area contributed by atoms with Crippen molar-refractivity contribution in [3.63, 3.8) is 0 Å². The van der Waals surface area contributed by atoms with Gasteiger partial charge in [-0.05, 0) is 25.0 Å². The van der Waals surface area contributed by atoms with E-state index in [1.807, 2.05) is 43.4 Å². The van der Waals surface area contributed by atoms with E-state index in [0.29, 0.717) is 6.54 Å². The highest BCUT2D eigenvalue weighted by atomic mass is 127. The smallest absolute Gasteiger partial charge is 0.191 e. The lowest BCUT2D eigenvalue weighted by atomic mass is 10.1. The third-order valence-electron chi connectivity index (χ3n) is 4.08. The molecule has 142 valence electrons. The lowest BCUT2D eigenvalue weighted by Gasteiger charge is -2.11. The Balaban J connectivity index is 0.00000243. The van der Waals surface area contributed by atoms with Crippen molar-refractivity contribution in [2.24, 2.45) is 4.99 Å². The van der Waals surface area contributed by atoms with Crippen molar-refractivity contribution in [3.05, 3.63) is 46.7 Å². The normalized spacial score (nSPS) is 18.8. The van der Waals surface area contributed by atoms with E-state index < -0.39 is 0 Å². The maximum atomic E-state index is 13.9. The summed E-state index contributed by atoms with van der Waals surface area (Å²) in [4.78, 5) is 11.1. The average molecular weight is 489 g/mol. The summed E-state index contributed by atoms with van der Waals surface area (Å²) >= 11 is 1.61. The summed E-state index contributed by atoms with van der Waals surface area (Å²) in [6.45, 7) is 3.34. The summed E-state index contributed by atoms with van der Waals surface area (Å²) in [7, 11) is 3.96. The number of nitrogens with zero attached hydrogens (tertiary/aromatic N) is 3. The topological polar surface area (TPSA) is 52.6 Å². The van der Waals surface area contributed by atoms with Gasteiger partial charge in [-0.15, -0.1) is 35.3 Å². The predicted molar refractivity (Wildman–Crippen MR) is 117 cm³/mol. The van der Waals surface area contributed by atoms with E-state index in [1.54, 1.807) is 17.4 Å². The van der Waals surface area contributed by atoms with Gasteiger partial charge < -0.3 is 15.5 Å². The number of benzene rings is 1. The van der Waals surface area contributed by atoms with E-state index in [1.165, 1.54) is 6.07 Å². The number of rotatable bonds is 6. The van der Waals surface area contributed by atoms with Gasteiger partial charge in [0.05, 0.1) is 12.2 Å². The lowest BCUT2D eigenvalue weighted by Crippen LogP contribution is -2.39. The van der Waals surface area contributed by atoms with Gasteiger partial charge in [-0.25, -0.2) is 14.4 Å². The summed E-state index contributed by atoms with van der Waals surface area (Å²) in [5.74, 6) is 0.841. The zero-order valence-electron chi connectivity index (χ0n) is 15.2. The van der Waals surface area contributed by atoms with E-state index in [2.05, 4.69) is 20.6 Å². The average Bonchev–Trinajstić information content (AvgIpc) is 3.17. The SMILES string of the molecule is CCNC(=NCc1csc(N(C)C)n1)NC1CC1c1ccccc1F.I. The highest BCUT2D eigenvalue weighted by molar-refractivity contribution is 14.0. The Morgan fingerprint density at radius 1 is 1.38 bits per heavy atom. The largest absolute Gasteiger partial charge is 0.357 e. The Labute approximate surface area is 175 Å². The van der Waals surface area contributed by atoms with Crippen molar-refractivity contribution in [2.75, 3.05) is 25.5 Å². The van der Waals surface area contributed by atoms with Gasteiger partial charge in [0.2, 0.25) is 0 Å². The molecule has 1 fully saturated rings. The van der Waals surface area contributed by atoms with Crippen LogP contribution in [0, 0.1) is 5.82 Å². The Hall–Kier alpha value is -1.42. The number of hydrogen-bond acceptors (Lipinski definition) is 4. The number of aliphatic imine (C=N–C) groups is 1. The molecule has 2 unspecified atom stereocenters. The molecule has 2 aromatic rings. The van der Waals surface area contributed by atoms with Gasteiger partial charge in [0, 0.05) is 38.0 Å². The molecule has 1 saturated carbocycles. The molecule has 0 radical (unpaired) electrons. The minimum atomic E-state index is -0.127. The van der Waals surface area contributed by atoms with E-state index in [0.717, 1.165) is 35.3 Å². The third-order valence-corrected chi connectivity index (χ3v) is 5.14. The number of anilines is 1. The molecule has 0 aliphatic heterocycles. The molecule has 2 atom stereocenters. The molecule has 0 spiro atoms. The van der Waals surface area contributed by atoms with Crippen LogP contribution >= 0.6 is 35.3 Å². The zero-order chi connectivity index (χ0) is 17.8. The second kappa shape index (κ2) is 9.50. The molecule has 1 aliphatic carbocycles. The minimum Gasteiger partial charge on any atom is -0.357 e. The van der Waals surface area contributed by atoms with Crippen LogP contribution in [0.15, 0.2) is 34.6 Å². The second-order valence-electron chi connectivity index (χ2n) is 6.33. The molecule has 5 nitrogen and oxygen atoms in total. The molecule has 2 N–H and O–H groups in total. The van der Waals surface area contributed by atoms with Gasteiger partial charge in [0.1, 0.15) is 5.82 Å². The Bertz CT molecular complexity index is 749. The maximum absolute atomic E-state index is 13.9. The summed E-state index contributed by atoms with van der Waals surface area (Å²) in [6, 6.07) is 7.23. The van der Waals surface area contributed by atoms with Crippen LogP contribution in [0.5, 0.6) is 0 Å². The number of thiazole rings is 1. The fraction of sp³-hybridized carbons (Fsp3) is 0.444. The summed E-state index contributed by atoms with van der Waals surface area (Å²) in [5.41, 5.74) is 1.73. The van der Waals surface area contributed by atoms with E-state index in [4.69, 9.17) is 0 Å². The number of aromatic nitrogens is 1. The molecule has 0 bridgehead atoms. The lowest BCUT2D eigenvalue weighted by molar-refractivity contribution is 0.607. The molecule has 1 aliphatic rings. The number of halogens is 2. The van der Waals surface area contributed by atoms with E-state index in [9.17, 15) is 4.39 Å². The first-order valence-electron chi connectivity index (χ1n) is 8.49. The van der Waals surface area contributed by atoms with E-state index >= 15 is 0 Å². The molecule has 0 saturated heterocycles. The monoisotopic (exact) mass is 489 g/mol. The summed E-state index contributed by atoms with van der Waals surface area (Å²) < 4.78 is 13.9. The van der Waals surface area contributed by atoms with Crippen molar-refractivity contribution < 1.29 is 4.39 Å². The summed E-state index contributed by atoms with van der Waals surface area (Å²) in [6.07, 6.45) is 0.923. The number of guanidine groups is 1.